The standard InChI is InChI=1S/C15H18FN3O/c1-2-10-5-6-18-14(8-10)15(20)19-13-4-3-11(9-17)7-12(13)16/h3-4,7,10,14,18H,2,5-6,8H2,1H3,(H,19,20). The van der Waals surface area contributed by atoms with Gasteiger partial charge in [0.1, 0.15) is 5.82 Å². The topological polar surface area (TPSA) is 64.9 Å². The lowest BCUT2D eigenvalue weighted by Gasteiger charge is -2.28. The molecule has 1 aliphatic heterocycles. The summed E-state index contributed by atoms with van der Waals surface area (Å²) >= 11 is 0. The SMILES string of the molecule is CCC1CCNC(C(=O)Nc2ccc(C#N)cc2F)C1. The largest absolute Gasteiger partial charge is 0.322 e. The Kier molecular flexibility index (Phi) is 4.70. The molecule has 2 N–H and O–H groups in total. The Morgan fingerprint density at radius 2 is 2.40 bits per heavy atom. The number of anilines is 1. The molecular formula is C15H18FN3O. The molecule has 20 heavy (non-hydrogen) atoms. The van der Waals surface area contributed by atoms with Crippen LogP contribution in [0, 0.1) is 23.1 Å². The molecule has 5 heteroatoms. The third kappa shape index (κ3) is 3.34. The van der Waals surface area contributed by atoms with E-state index in [2.05, 4.69) is 17.6 Å². The van der Waals surface area contributed by atoms with Crippen LogP contribution in [0.1, 0.15) is 31.7 Å². The third-order valence-electron chi connectivity index (χ3n) is 3.76. The molecular weight excluding hydrogens is 257 g/mol. The van der Waals surface area contributed by atoms with Gasteiger partial charge in [-0.25, -0.2) is 4.39 Å². The molecule has 2 unspecified atom stereocenters. The van der Waals surface area contributed by atoms with Crippen LogP contribution in [-0.4, -0.2) is 18.5 Å². The molecule has 0 aromatic heterocycles. The summed E-state index contributed by atoms with van der Waals surface area (Å²) in [6.45, 7) is 2.93. The van der Waals surface area contributed by atoms with Crippen LogP contribution in [0.2, 0.25) is 0 Å². The van der Waals surface area contributed by atoms with E-state index >= 15 is 0 Å². The van der Waals surface area contributed by atoms with E-state index in [9.17, 15) is 9.18 Å². The Morgan fingerprint density at radius 1 is 1.60 bits per heavy atom. The van der Waals surface area contributed by atoms with Crippen molar-refractivity contribution < 1.29 is 9.18 Å². The minimum atomic E-state index is -0.583. The number of nitriles is 1. The molecule has 1 aliphatic rings. The number of carbonyl (C=O) groups excluding carboxylic acids is 1. The first-order valence-electron chi connectivity index (χ1n) is 6.88. The summed E-state index contributed by atoms with van der Waals surface area (Å²) in [6, 6.07) is 5.62. The van der Waals surface area contributed by atoms with Gasteiger partial charge in [-0.2, -0.15) is 5.26 Å². The fourth-order valence-corrected chi connectivity index (χ4v) is 2.47. The van der Waals surface area contributed by atoms with Gasteiger partial charge in [0.25, 0.3) is 0 Å². The maximum absolute atomic E-state index is 13.7. The van der Waals surface area contributed by atoms with Gasteiger partial charge in [-0.3, -0.25) is 4.79 Å². The van der Waals surface area contributed by atoms with E-state index in [1.54, 1.807) is 0 Å². The molecule has 106 valence electrons. The van der Waals surface area contributed by atoms with Crippen LogP contribution < -0.4 is 10.6 Å². The summed E-state index contributed by atoms with van der Waals surface area (Å²) in [6.07, 6.45) is 2.91. The van der Waals surface area contributed by atoms with Crippen LogP contribution in [0.5, 0.6) is 0 Å². The molecule has 0 radical (unpaired) electrons. The van der Waals surface area contributed by atoms with Crippen LogP contribution in [0.15, 0.2) is 18.2 Å². The van der Waals surface area contributed by atoms with Gasteiger partial charge in [-0.1, -0.05) is 13.3 Å². The summed E-state index contributed by atoms with van der Waals surface area (Å²) in [5.41, 5.74) is 0.358. The molecule has 1 aromatic rings. The Hall–Kier alpha value is -1.93. The molecule has 4 nitrogen and oxygen atoms in total. The predicted molar refractivity (Wildman–Crippen MR) is 74.6 cm³/mol. The van der Waals surface area contributed by atoms with Crippen molar-refractivity contribution in [3.8, 4) is 6.07 Å². The lowest BCUT2D eigenvalue weighted by molar-refractivity contribution is -0.119. The summed E-state index contributed by atoms with van der Waals surface area (Å²) in [5, 5.41) is 14.4. The third-order valence-corrected chi connectivity index (χ3v) is 3.76. The van der Waals surface area contributed by atoms with E-state index in [1.165, 1.54) is 12.1 Å². The highest BCUT2D eigenvalue weighted by Gasteiger charge is 2.26. The number of benzene rings is 1. The maximum Gasteiger partial charge on any atom is 0.241 e. The number of hydrogen-bond acceptors (Lipinski definition) is 3. The van der Waals surface area contributed by atoms with E-state index in [0.717, 1.165) is 31.9 Å². The fraction of sp³-hybridized carbons (Fsp3) is 0.467. The highest BCUT2D eigenvalue weighted by molar-refractivity contribution is 5.95. The molecule has 0 bridgehead atoms. The summed E-state index contributed by atoms with van der Waals surface area (Å²) in [7, 11) is 0. The van der Waals surface area contributed by atoms with Crippen LogP contribution in [0.4, 0.5) is 10.1 Å². The van der Waals surface area contributed by atoms with E-state index in [4.69, 9.17) is 5.26 Å². The van der Waals surface area contributed by atoms with Crippen molar-refractivity contribution in [3.05, 3.63) is 29.6 Å². The maximum atomic E-state index is 13.7. The molecule has 1 fully saturated rings. The lowest BCUT2D eigenvalue weighted by atomic mass is 9.90. The number of nitrogens with one attached hydrogen (secondary N) is 2. The molecule has 0 saturated carbocycles. The number of hydrogen-bond donors (Lipinski definition) is 2. The number of halogens is 1. The first-order valence-corrected chi connectivity index (χ1v) is 6.88. The Balaban J connectivity index is 2.02. The fourth-order valence-electron chi connectivity index (χ4n) is 2.47. The zero-order chi connectivity index (χ0) is 14.5. The van der Waals surface area contributed by atoms with E-state index in [-0.39, 0.29) is 23.2 Å². The molecule has 2 rings (SSSR count). The normalized spacial score (nSPS) is 22.1. The van der Waals surface area contributed by atoms with Gasteiger partial charge in [-0.15, -0.1) is 0 Å². The Morgan fingerprint density at radius 3 is 3.05 bits per heavy atom. The van der Waals surface area contributed by atoms with Crippen molar-refractivity contribution in [1.29, 1.82) is 5.26 Å². The molecule has 0 aliphatic carbocycles. The van der Waals surface area contributed by atoms with Crippen LogP contribution in [0.25, 0.3) is 0 Å². The zero-order valence-electron chi connectivity index (χ0n) is 11.4. The highest BCUT2D eigenvalue weighted by Crippen LogP contribution is 2.21. The van der Waals surface area contributed by atoms with Gasteiger partial charge in [0.15, 0.2) is 0 Å². The molecule has 0 spiro atoms. The minimum absolute atomic E-state index is 0.120. The smallest absolute Gasteiger partial charge is 0.241 e. The van der Waals surface area contributed by atoms with Crippen LogP contribution in [-0.2, 0) is 4.79 Å². The van der Waals surface area contributed by atoms with Crippen LogP contribution in [0.3, 0.4) is 0 Å². The minimum Gasteiger partial charge on any atom is -0.322 e. The van der Waals surface area contributed by atoms with Crippen molar-refractivity contribution in [2.75, 3.05) is 11.9 Å². The van der Waals surface area contributed by atoms with Gasteiger partial charge in [0.2, 0.25) is 5.91 Å². The molecule has 1 aromatic carbocycles. The van der Waals surface area contributed by atoms with Gasteiger partial charge >= 0.3 is 0 Å². The van der Waals surface area contributed by atoms with Gasteiger partial charge in [0.05, 0.1) is 23.4 Å². The number of nitrogens with zero attached hydrogens (tertiary/aromatic N) is 1. The van der Waals surface area contributed by atoms with Crippen molar-refractivity contribution in [1.82, 2.24) is 5.32 Å². The number of piperidine rings is 1. The molecule has 1 heterocycles. The second kappa shape index (κ2) is 6.49. The van der Waals surface area contributed by atoms with Gasteiger partial charge in [-0.05, 0) is 43.5 Å². The summed E-state index contributed by atoms with van der Waals surface area (Å²) in [4.78, 5) is 12.1. The van der Waals surface area contributed by atoms with Crippen molar-refractivity contribution in [3.63, 3.8) is 0 Å². The molecule has 2 atom stereocenters. The average molecular weight is 275 g/mol. The lowest BCUT2D eigenvalue weighted by Crippen LogP contribution is -2.46. The van der Waals surface area contributed by atoms with E-state index in [1.807, 2.05) is 6.07 Å². The van der Waals surface area contributed by atoms with Crippen molar-refractivity contribution in [2.24, 2.45) is 5.92 Å². The molecule has 1 saturated heterocycles. The summed E-state index contributed by atoms with van der Waals surface area (Å²) < 4.78 is 13.7. The van der Waals surface area contributed by atoms with Gasteiger partial charge < -0.3 is 10.6 Å². The average Bonchev–Trinajstić information content (AvgIpc) is 2.49. The Bertz CT molecular complexity index is 538. The highest BCUT2D eigenvalue weighted by atomic mass is 19.1. The molecule has 1 amide bonds. The number of amides is 1. The van der Waals surface area contributed by atoms with Crippen LogP contribution >= 0.6 is 0 Å². The quantitative estimate of drug-likeness (QED) is 0.890. The number of carbonyl (C=O) groups is 1. The van der Waals surface area contributed by atoms with E-state index in [0.29, 0.717) is 5.92 Å². The second-order valence-electron chi connectivity index (χ2n) is 5.10. The van der Waals surface area contributed by atoms with Crippen molar-refractivity contribution in [2.45, 2.75) is 32.2 Å². The Labute approximate surface area is 118 Å². The monoisotopic (exact) mass is 275 g/mol. The van der Waals surface area contributed by atoms with E-state index < -0.39 is 5.82 Å². The first-order chi connectivity index (χ1) is 9.63. The van der Waals surface area contributed by atoms with Gasteiger partial charge in [0, 0.05) is 0 Å². The predicted octanol–water partition coefficient (Wildman–Crippen LogP) is 2.41. The zero-order valence-corrected chi connectivity index (χ0v) is 11.4. The first kappa shape index (κ1) is 14.5. The number of rotatable bonds is 3. The second-order valence-corrected chi connectivity index (χ2v) is 5.10. The van der Waals surface area contributed by atoms with Crippen molar-refractivity contribution >= 4 is 11.6 Å². The summed E-state index contributed by atoms with van der Waals surface area (Å²) in [5.74, 6) is -0.259.